The maximum absolute atomic E-state index is 13.2. The first-order valence-electron chi connectivity index (χ1n) is 5.83. The van der Waals surface area contributed by atoms with Crippen LogP contribution in [-0.2, 0) is 9.59 Å². The van der Waals surface area contributed by atoms with E-state index in [-0.39, 0.29) is 24.0 Å². The van der Waals surface area contributed by atoms with Gasteiger partial charge >= 0.3 is 0 Å². The normalized spacial score (nSPS) is 15.6. The fourth-order valence-electron chi connectivity index (χ4n) is 1.80. The number of Topliss-reactive ketones (excluding diaryl/α,β-unsaturated/α-hetero) is 1. The molecule has 0 bridgehead atoms. The van der Waals surface area contributed by atoms with E-state index in [2.05, 4.69) is 0 Å². The number of benzene rings is 1. The summed E-state index contributed by atoms with van der Waals surface area (Å²) in [5.41, 5.74) is 0. The van der Waals surface area contributed by atoms with Crippen molar-refractivity contribution in [2.45, 2.75) is 12.8 Å². The van der Waals surface area contributed by atoms with Crippen molar-refractivity contribution in [3.05, 3.63) is 30.1 Å². The number of para-hydroxylation sites is 1. The number of carbonyl (C=O) groups is 2. The molecule has 0 radical (unpaired) electrons. The number of hydrogen-bond acceptors (Lipinski definition) is 3. The number of likely N-dealkylation sites (tertiary alicyclic amines) is 1. The van der Waals surface area contributed by atoms with Crippen molar-refractivity contribution in [2.75, 3.05) is 19.7 Å². The lowest BCUT2D eigenvalue weighted by Crippen LogP contribution is -2.41. The summed E-state index contributed by atoms with van der Waals surface area (Å²) in [5.74, 6) is -0.460. The molecule has 4 nitrogen and oxygen atoms in total. The van der Waals surface area contributed by atoms with Crippen LogP contribution in [0, 0.1) is 5.82 Å². The maximum Gasteiger partial charge on any atom is 0.260 e. The highest BCUT2D eigenvalue weighted by molar-refractivity contribution is 5.83. The number of rotatable bonds is 3. The number of carbonyl (C=O) groups excluding carboxylic acids is 2. The summed E-state index contributed by atoms with van der Waals surface area (Å²) in [4.78, 5) is 24.4. The van der Waals surface area contributed by atoms with Gasteiger partial charge in [-0.15, -0.1) is 0 Å². The van der Waals surface area contributed by atoms with Crippen molar-refractivity contribution in [3.8, 4) is 5.75 Å². The van der Waals surface area contributed by atoms with Gasteiger partial charge in [-0.25, -0.2) is 4.39 Å². The molecule has 1 fully saturated rings. The second-order valence-corrected chi connectivity index (χ2v) is 4.14. The van der Waals surface area contributed by atoms with Crippen LogP contribution >= 0.6 is 0 Å². The van der Waals surface area contributed by atoms with Crippen LogP contribution in [0.2, 0.25) is 0 Å². The topological polar surface area (TPSA) is 46.6 Å². The number of amides is 1. The first-order chi connectivity index (χ1) is 8.66. The zero-order valence-electron chi connectivity index (χ0n) is 9.89. The molecule has 0 unspecified atom stereocenters. The molecular weight excluding hydrogens is 237 g/mol. The average Bonchev–Trinajstić information content (AvgIpc) is 2.38. The van der Waals surface area contributed by atoms with E-state index in [0.717, 1.165) is 0 Å². The van der Waals surface area contributed by atoms with E-state index in [1.54, 1.807) is 17.0 Å². The predicted octanol–water partition coefficient (Wildman–Crippen LogP) is 1.40. The standard InChI is InChI=1S/C13H14FNO3/c14-11-3-1-2-4-12(11)18-9-13(17)15-7-5-10(16)6-8-15/h1-4H,5-9H2. The van der Waals surface area contributed by atoms with Crippen molar-refractivity contribution < 1.29 is 18.7 Å². The third-order valence-corrected chi connectivity index (χ3v) is 2.86. The lowest BCUT2D eigenvalue weighted by Gasteiger charge is -2.25. The molecule has 1 aromatic carbocycles. The lowest BCUT2D eigenvalue weighted by atomic mass is 10.1. The fourth-order valence-corrected chi connectivity index (χ4v) is 1.80. The summed E-state index contributed by atoms with van der Waals surface area (Å²) in [7, 11) is 0. The Morgan fingerprint density at radius 3 is 2.61 bits per heavy atom. The molecular formula is C13H14FNO3. The van der Waals surface area contributed by atoms with Crippen LogP contribution < -0.4 is 4.74 Å². The Hall–Kier alpha value is -1.91. The Bertz CT molecular complexity index is 451. The number of hydrogen-bond donors (Lipinski definition) is 0. The van der Waals surface area contributed by atoms with Crippen molar-refractivity contribution in [1.82, 2.24) is 4.90 Å². The van der Waals surface area contributed by atoms with Gasteiger partial charge in [-0.05, 0) is 12.1 Å². The summed E-state index contributed by atoms with van der Waals surface area (Å²) in [6.07, 6.45) is 0.789. The van der Waals surface area contributed by atoms with Gasteiger partial charge in [0.05, 0.1) is 0 Å². The van der Waals surface area contributed by atoms with Gasteiger partial charge in [-0.3, -0.25) is 9.59 Å². The molecule has 1 aliphatic rings. The van der Waals surface area contributed by atoms with Gasteiger partial charge in [0.1, 0.15) is 5.78 Å². The van der Waals surface area contributed by atoms with E-state index >= 15 is 0 Å². The van der Waals surface area contributed by atoms with Gasteiger partial charge in [-0.2, -0.15) is 0 Å². The lowest BCUT2D eigenvalue weighted by molar-refractivity contribution is -0.136. The summed E-state index contributed by atoms with van der Waals surface area (Å²) >= 11 is 0. The molecule has 0 saturated carbocycles. The summed E-state index contributed by atoms with van der Waals surface area (Å²) in [6.45, 7) is 0.658. The maximum atomic E-state index is 13.2. The highest BCUT2D eigenvalue weighted by atomic mass is 19.1. The second kappa shape index (κ2) is 5.62. The zero-order valence-corrected chi connectivity index (χ0v) is 9.89. The molecule has 1 saturated heterocycles. The Balaban J connectivity index is 1.85. The van der Waals surface area contributed by atoms with E-state index in [0.29, 0.717) is 25.9 Å². The van der Waals surface area contributed by atoms with Crippen LogP contribution in [0.15, 0.2) is 24.3 Å². The minimum Gasteiger partial charge on any atom is -0.481 e. The van der Waals surface area contributed by atoms with E-state index in [4.69, 9.17) is 4.74 Å². The average molecular weight is 251 g/mol. The van der Waals surface area contributed by atoms with E-state index < -0.39 is 5.82 Å². The van der Waals surface area contributed by atoms with Gasteiger partial charge in [0.25, 0.3) is 5.91 Å². The minimum absolute atomic E-state index is 0.0685. The Morgan fingerprint density at radius 2 is 1.94 bits per heavy atom. The van der Waals surface area contributed by atoms with Crippen molar-refractivity contribution in [3.63, 3.8) is 0 Å². The van der Waals surface area contributed by atoms with Crippen LogP contribution in [0.5, 0.6) is 5.75 Å². The zero-order chi connectivity index (χ0) is 13.0. The van der Waals surface area contributed by atoms with Crippen molar-refractivity contribution >= 4 is 11.7 Å². The molecule has 5 heteroatoms. The molecule has 0 atom stereocenters. The molecule has 18 heavy (non-hydrogen) atoms. The summed E-state index contributed by atoms with van der Waals surface area (Å²) < 4.78 is 18.4. The first-order valence-corrected chi connectivity index (χ1v) is 5.83. The van der Waals surface area contributed by atoms with Crippen LogP contribution in [0.1, 0.15) is 12.8 Å². The molecule has 0 N–H and O–H groups in total. The minimum atomic E-state index is -0.487. The summed E-state index contributed by atoms with van der Waals surface area (Å²) in [5, 5.41) is 0. The smallest absolute Gasteiger partial charge is 0.260 e. The largest absolute Gasteiger partial charge is 0.481 e. The molecule has 1 aliphatic heterocycles. The van der Waals surface area contributed by atoms with Crippen LogP contribution in [0.25, 0.3) is 0 Å². The third-order valence-electron chi connectivity index (χ3n) is 2.86. The van der Waals surface area contributed by atoms with Gasteiger partial charge in [0.15, 0.2) is 18.2 Å². The van der Waals surface area contributed by atoms with E-state index in [1.807, 2.05) is 0 Å². The molecule has 2 rings (SSSR count). The van der Waals surface area contributed by atoms with Gasteiger partial charge < -0.3 is 9.64 Å². The number of piperidine rings is 1. The molecule has 0 aromatic heterocycles. The van der Waals surface area contributed by atoms with Gasteiger partial charge in [0.2, 0.25) is 0 Å². The van der Waals surface area contributed by atoms with Gasteiger partial charge in [0, 0.05) is 25.9 Å². The van der Waals surface area contributed by atoms with Gasteiger partial charge in [-0.1, -0.05) is 12.1 Å². The Kier molecular flexibility index (Phi) is 3.92. The van der Waals surface area contributed by atoms with E-state index in [9.17, 15) is 14.0 Å². The highest BCUT2D eigenvalue weighted by Crippen LogP contribution is 2.15. The summed E-state index contributed by atoms with van der Waals surface area (Å²) in [6, 6.07) is 5.95. The SMILES string of the molecule is O=C1CCN(C(=O)COc2ccccc2F)CC1. The Labute approximate surface area is 104 Å². The molecule has 96 valence electrons. The fraction of sp³-hybridized carbons (Fsp3) is 0.385. The monoisotopic (exact) mass is 251 g/mol. The highest BCUT2D eigenvalue weighted by Gasteiger charge is 2.21. The predicted molar refractivity (Wildman–Crippen MR) is 62.7 cm³/mol. The molecule has 0 aliphatic carbocycles. The van der Waals surface area contributed by atoms with Crippen molar-refractivity contribution in [2.24, 2.45) is 0 Å². The molecule has 1 amide bonds. The Morgan fingerprint density at radius 1 is 1.28 bits per heavy atom. The quantitative estimate of drug-likeness (QED) is 0.815. The number of ketones is 1. The number of halogens is 1. The van der Waals surface area contributed by atoms with Crippen molar-refractivity contribution in [1.29, 1.82) is 0 Å². The van der Waals surface area contributed by atoms with Crippen LogP contribution in [-0.4, -0.2) is 36.3 Å². The first kappa shape index (κ1) is 12.5. The van der Waals surface area contributed by atoms with Crippen LogP contribution in [0.3, 0.4) is 0 Å². The second-order valence-electron chi connectivity index (χ2n) is 4.14. The van der Waals surface area contributed by atoms with Crippen LogP contribution in [0.4, 0.5) is 4.39 Å². The molecule has 1 aromatic rings. The third kappa shape index (κ3) is 3.06. The number of nitrogens with zero attached hydrogens (tertiary/aromatic N) is 1. The number of ether oxygens (including phenoxy) is 1. The molecule has 0 spiro atoms. The molecule has 1 heterocycles. The van der Waals surface area contributed by atoms with E-state index in [1.165, 1.54) is 12.1 Å².